The van der Waals surface area contributed by atoms with Crippen LogP contribution >= 0.6 is 0 Å². The van der Waals surface area contributed by atoms with Crippen LogP contribution in [-0.2, 0) is 20.4 Å². The monoisotopic (exact) mass is 642 g/mol. The third-order valence-corrected chi connectivity index (χ3v) is 16.7. The predicted octanol–water partition coefficient (Wildman–Crippen LogP) is 6.64. The van der Waals surface area contributed by atoms with Crippen LogP contribution in [0.3, 0.4) is 0 Å². The number of carbonyl (C=O) groups excluding carboxylic acids is 2. The Morgan fingerprint density at radius 1 is 0.978 bits per heavy atom. The van der Waals surface area contributed by atoms with E-state index in [0.717, 1.165) is 64.3 Å². The highest BCUT2D eigenvalue weighted by Crippen LogP contribution is 2.75. The van der Waals surface area contributed by atoms with E-state index in [1.807, 2.05) is 0 Å². The summed E-state index contributed by atoms with van der Waals surface area (Å²) in [7, 11) is -1.34. The Bertz CT molecular complexity index is 1240. The minimum Gasteiger partial charge on any atom is -0.393 e. The Morgan fingerprint density at radius 2 is 1.71 bits per heavy atom. The second-order valence-corrected chi connectivity index (χ2v) is 19.9. The maximum atomic E-state index is 14.4. The number of hydrogen-bond donors (Lipinski definition) is 2. The Labute approximate surface area is 275 Å². The van der Waals surface area contributed by atoms with Gasteiger partial charge in [-0.1, -0.05) is 60.1 Å². The van der Waals surface area contributed by atoms with Gasteiger partial charge in [0.05, 0.1) is 22.3 Å². The van der Waals surface area contributed by atoms with Crippen molar-refractivity contribution in [2.24, 2.45) is 50.2 Å². The summed E-state index contributed by atoms with van der Waals surface area (Å²) in [6.07, 6.45) is 14.4. The minimum atomic E-state index is -1.34. The molecule has 6 rings (SSSR count). The number of nitrogens with one attached hydrogen (secondary N) is 1. The minimum absolute atomic E-state index is 0.0458. The molecular weight excluding hydrogens is 580 g/mol. The van der Waals surface area contributed by atoms with Crippen LogP contribution in [0.2, 0.25) is 0 Å². The molecule has 2 N–H and O–H groups in total. The highest BCUT2D eigenvalue weighted by atomic mass is 32.2. The first kappa shape index (κ1) is 33.8. The molecule has 5 aliphatic carbocycles. The molecule has 1 amide bonds. The number of rotatable bonds is 5. The van der Waals surface area contributed by atoms with E-state index in [9.17, 15) is 18.9 Å². The summed E-state index contributed by atoms with van der Waals surface area (Å²) in [6.45, 7) is 20.1. The molecule has 0 radical (unpaired) electrons. The topological polar surface area (TPSA) is 86.7 Å². The molecule has 254 valence electrons. The third-order valence-electron chi connectivity index (χ3n) is 15.5. The van der Waals surface area contributed by atoms with Crippen LogP contribution in [0.4, 0.5) is 0 Å². The normalized spacial score (nSPS) is 46.0. The van der Waals surface area contributed by atoms with Crippen molar-refractivity contribution in [3.05, 3.63) is 11.6 Å². The van der Waals surface area contributed by atoms with Gasteiger partial charge >= 0.3 is 0 Å². The van der Waals surface area contributed by atoms with Crippen molar-refractivity contribution in [1.29, 1.82) is 0 Å². The molecule has 1 saturated heterocycles. The highest BCUT2D eigenvalue weighted by molar-refractivity contribution is 8.00. The van der Waals surface area contributed by atoms with Crippen molar-refractivity contribution in [2.75, 3.05) is 31.9 Å². The highest BCUT2D eigenvalue weighted by Gasteiger charge is 2.69. The van der Waals surface area contributed by atoms with Crippen molar-refractivity contribution in [1.82, 2.24) is 10.2 Å². The molecular formula is C38H62N2O4S. The van der Waals surface area contributed by atoms with Crippen molar-refractivity contribution >= 4 is 21.8 Å². The maximum Gasteiger partial charge on any atom is 0.226 e. The molecule has 0 bridgehead atoms. The first-order valence-electron chi connectivity index (χ1n) is 18.3. The molecule has 2 unspecified atom stereocenters. The second kappa shape index (κ2) is 11.5. The standard InChI is InChI=1S/C38H62N2O4S/c1-33(2)16-18-38(32(43)39-20-8-21-40-22-13-31(42)45(44)24-23-40)19-17-36(6)26(27(38)25-33)9-10-29-35(5)14-12-30(41)34(3,4)28(35)11-15-37(29,36)7/h9,27-30,41H,8,10-25H2,1-7H3,(H,39,43)/t27-,28-,29+,30-,35?,36+,37+,38-,45?/m0/s1. The van der Waals surface area contributed by atoms with E-state index < -0.39 is 10.8 Å². The smallest absolute Gasteiger partial charge is 0.226 e. The fraction of sp³-hybridized carbons (Fsp3) is 0.895. The number of aliphatic hydroxyl groups is 1. The molecule has 4 saturated carbocycles. The fourth-order valence-corrected chi connectivity index (χ4v) is 13.3. The molecule has 0 aromatic rings. The van der Waals surface area contributed by atoms with Gasteiger partial charge in [-0.2, -0.15) is 0 Å². The predicted molar refractivity (Wildman–Crippen MR) is 182 cm³/mol. The van der Waals surface area contributed by atoms with Crippen molar-refractivity contribution in [3.8, 4) is 0 Å². The van der Waals surface area contributed by atoms with Crippen LogP contribution in [0, 0.1) is 50.2 Å². The van der Waals surface area contributed by atoms with Crippen LogP contribution in [0.25, 0.3) is 0 Å². The second-order valence-electron chi connectivity index (χ2n) is 18.4. The van der Waals surface area contributed by atoms with Gasteiger partial charge in [0.1, 0.15) is 0 Å². The van der Waals surface area contributed by atoms with Gasteiger partial charge in [0, 0.05) is 31.8 Å². The van der Waals surface area contributed by atoms with Crippen molar-refractivity contribution < 1.29 is 18.9 Å². The molecule has 0 aromatic heterocycles. The lowest BCUT2D eigenvalue weighted by atomic mass is 9.33. The number of hydrogen-bond acceptors (Lipinski definition) is 5. The van der Waals surface area contributed by atoms with E-state index in [1.54, 1.807) is 5.57 Å². The van der Waals surface area contributed by atoms with E-state index in [4.69, 9.17) is 0 Å². The Hall–Kier alpha value is -1.05. The molecule has 6 nitrogen and oxygen atoms in total. The van der Waals surface area contributed by atoms with Gasteiger partial charge in [-0.15, -0.1) is 0 Å². The number of allylic oxidation sites excluding steroid dienone is 2. The van der Waals surface area contributed by atoms with Crippen LogP contribution < -0.4 is 5.32 Å². The van der Waals surface area contributed by atoms with Crippen molar-refractivity contribution in [2.45, 2.75) is 132 Å². The maximum absolute atomic E-state index is 14.4. The zero-order valence-corrected chi connectivity index (χ0v) is 30.3. The number of carbonyl (C=O) groups is 2. The average Bonchev–Trinajstić information content (AvgIpc) is 3.13. The van der Waals surface area contributed by atoms with Crippen LogP contribution in [0.5, 0.6) is 0 Å². The van der Waals surface area contributed by atoms with E-state index >= 15 is 0 Å². The van der Waals surface area contributed by atoms with Gasteiger partial charge in [0.15, 0.2) is 0 Å². The summed E-state index contributed by atoms with van der Waals surface area (Å²) >= 11 is 0. The molecule has 7 heteroatoms. The van der Waals surface area contributed by atoms with E-state index in [-0.39, 0.29) is 49.6 Å². The number of nitrogens with zero attached hydrogens (tertiary/aromatic N) is 1. The molecule has 0 spiro atoms. The molecule has 6 aliphatic rings. The van der Waals surface area contributed by atoms with Crippen LogP contribution in [-0.4, -0.2) is 63.3 Å². The summed E-state index contributed by atoms with van der Waals surface area (Å²) in [5.41, 5.74) is 1.98. The molecule has 1 heterocycles. The quantitative estimate of drug-likeness (QED) is 0.260. The summed E-state index contributed by atoms with van der Waals surface area (Å²) in [5.74, 6) is 2.14. The average molecular weight is 643 g/mol. The van der Waals surface area contributed by atoms with Crippen LogP contribution in [0.1, 0.15) is 126 Å². The van der Waals surface area contributed by atoms with Gasteiger partial charge in [-0.25, -0.2) is 0 Å². The number of aliphatic hydroxyl groups excluding tert-OH is 1. The molecule has 45 heavy (non-hydrogen) atoms. The SMILES string of the molecule is CC1(C)CC[C@]2(C(=O)NCCCN3CCC(=O)S(=O)CC3)CC[C@]3(C)C(=CC[C@@H]4C5(C)CC[C@H](O)C(C)(C)[C@@H]5CC[C@]43C)[C@@H]2C1. The molecule has 0 aromatic carbocycles. The van der Waals surface area contributed by atoms with Crippen LogP contribution in [0.15, 0.2) is 11.6 Å². The lowest BCUT2D eigenvalue weighted by Gasteiger charge is -2.71. The first-order valence-corrected chi connectivity index (χ1v) is 19.6. The summed E-state index contributed by atoms with van der Waals surface area (Å²) in [6, 6.07) is 0. The van der Waals surface area contributed by atoms with Gasteiger partial charge < -0.3 is 15.3 Å². The van der Waals surface area contributed by atoms with E-state index in [2.05, 4.69) is 64.8 Å². The molecule has 1 aliphatic heterocycles. The molecule has 5 fully saturated rings. The van der Waals surface area contributed by atoms with E-state index in [1.165, 1.54) is 12.8 Å². The Balaban J connectivity index is 1.22. The van der Waals surface area contributed by atoms with Gasteiger partial charge in [0.25, 0.3) is 0 Å². The number of fused-ring (bicyclic) bond motifs is 7. The lowest BCUT2D eigenvalue weighted by molar-refractivity contribution is -0.203. The molecule has 9 atom stereocenters. The van der Waals surface area contributed by atoms with Gasteiger partial charge in [0.2, 0.25) is 11.0 Å². The summed E-state index contributed by atoms with van der Waals surface area (Å²) < 4.78 is 11.9. The summed E-state index contributed by atoms with van der Waals surface area (Å²) in [5, 5.41) is 14.4. The zero-order valence-electron chi connectivity index (χ0n) is 29.4. The first-order chi connectivity index (χ1) is 21.0. The Kier molecular flexibility index (Phi) is 8.67. The lowest BCUT2D eigenvalue weighted by Crippen LogP contribution is -2.65. The largest absolute Gasteiger partial charge is 0.393 e. The fourth-order valence-electron chi connectivity index (χ4n) is 12.3. The Morgan fingerprint density at radius 3 is 2.47 bits per heavy atom. The van der Waals surface area contributed by atoms with Gasteiger partial charge in [-0.3, -0.25) is 13.8 Å². The van der Waals surface area contributed by atoms with Gasteiger partial charge in [-0.05, 0) is 122 Å². The van der Waals surface area contributed by atoms with E-state index in [0.29, 0.717) is 49.6 Å². The number of amides is 1. The third kappa shape index (κ3) is 5.27. The zero-order chi connectivity index (χ0) is 32.6. The van der Waals surface area contributed by atoms with Crippen molar-refractivity contribution in [3.63, 3.8) is 0 Å². The summed E-state index contributed by atoms with van der Waals surface area (Å²) in [4.78, 5) is 28.5.